The highest BCUT2D eigenvalue weighted by atomic mass is 35.5. The summed E-state index contributed by atoms with van der Waals surface area (Å²) in [5.41, 5.74) is 6.98. The van der Waals surface area contributed by atoms with Crippen molar-refractivity contribution in [2.45, 2.75) is 0 Å². The van der Waals surface area contributed by atoms with Crippen molar-refractivity contribution >= 4 is 28.9 Å². The Kier molecular flexibility index (Phi) is 5.74. The monoisotopic (exact) mass is 271 g/mol. The highest BCUT2D eigenvalue weighted by Gasteiger charge is 2.10. The molecule has 0 aromatic heterocycles. The number of hydrogen-bond donors (Lipinski definition) is 2. The predicted octanol–water partition coefficient (Wildman–Crippen LogP) is 1.12. The van der Waals surface area contributed by atoms with E-state index in [2.05, 4.69) is 5.32 Å². The molecule has 100 valence electrons. The third-order valence-corrected chi connectivity index (χ3v) is 2.69. The number of hydrogen-bond acceptors (Lipinski definition) is 4. The molecule has 0 spiro atoms. The fraction of sp³-hybridized carbons (Fsp3) is 0.417. The van der Waals surface area contributed by atoms with Crippen molar-refractivity contribution in [1.82, 2.24) is 5.32 Å². The minimum Gasteiger partial charge on any atom is -0.399 e. The quantitative estimate of drug-likeness (QED) is 0.601. The molecule has 18 heavy (non-hydrogen) atoms. The average Bonchev–Trinajstić information content (AvgIpc) is 2.28. The van der Waals surface area contributed by atoms with Crippen molar-refractivity contribution in [2.75, 3.05) is 44.5 Å². The van der Waals surface area contributed by atoms with E-state index in [1.54, 1.807) is 37.3 Å². The van der Waals surface area contributed by atoms with E-state index in [0.717, 1.165) is 5.69 Å². The lowest BCUT2D eigenvalue weighted by Crippen LogP contribution is -2.36. The number of benzene rings is 1. The third-order valence-electron chi connectivity index (χ3n) is 2.39. The molecule has 1 aromatic rings. The summed E-state index contributed by atoms with van der Waals surface area (Å²) in [5, 5.41) is 3.27. The Morgan fingerprint density at radius 1 is 1.56 bits per heavy atom. The van der Waals surface area contributed by atoms with Crippen LogP contribution >= 0.6 is 11.6 Å². The Morgan fingerprint density at radius 3 is 2.89 bits per heavy atom. The number of halogens is 1. The molecular formula is C12H18ClN3O2. The first-order valence-corrected chi connectivity index (χ1v) is 5.94. The highest BCUT2D eigenvalue weighted by molar-refractivity contribution is 6.33. The SMILES string of the molecule is COCCNC(=O)CN(C)c1ccc(N)cc1Cl. The molecule has 0 saturated carbocycles. The highest BCUT2D eigenvalue weighted by Crippen LogP contribution is 2.26. The zero-order chi connectivity index (χ0) is 13.5. The van der Waals surface area contributed by atoms with E-state index in [9.17, 15) is 4.79 Å². The maximum absolute atomic E-state index is 11.6. The number of ether oxygens (including phenoxy) is 1. The van der Waals surface area contributed by atoms with Gasteiger partial charge in [0.15, 0.2) is 0 Å². The molecule has 0 aliphatic carbocycles. The Hall–Kier alpha value is -1.46. The molecule has 0 fully saturated rings. The molecule has 0 aliphatic heterocycles. The summed E-state index contributed by atoms with van der Waals surface area (Å²) in [6.07, 6.45) is 0. The van der Waals surface area contributed by atoms with Crippen LogP contribution in [0.2, 0.25) is 5.02 Å². The number of carbonyl (C=O) groups is 1. The van der Waals surface area contributed by atoms with Crippen LogP contribution in [0, 0.1) is 0 Å². The van der Waals surface area contributed by atoms with Gasteiger partial charge in [-0.05, 0) is 18.2 Å². The molecular weight excluding hydrogens is 254 g/mol. The van der Waals surface area contributed by atoms with Crippen LogP contribution in [0.15, 0.2) is 18.2 Å². The van der Waals surface area contributed by atoms with E-state index in [1.807, 2.05) is 0 Å². The van der Waals surface area contributed by atoms with Gasteiger partial charge in [-0.25, -0.2) is 0 Å². The Bertz CT molecular complexity index is 412. The van der Waals surface area contributed by atoms with Crippen LogP contribution in [0.3, 0.4) is 0 Å². The molecule has 1 aromatic carbocycles. The van der Waals surface area contributed by atoms with Crippen LogP contribution in [0.1, 0.15) is 0 Å². The standard InChI is InChI=1S/C12H18ClN3O2/c1-16(8-12(17)15-5-6-18-2)11-4-3-9(14)7-10(11)13/h3-4,7H,5-6,8,14H2,1-2H3,(H,15,17). The van der Waals surface area contributed by atoms with Crippen LogP contribution < -0.4 is 16.0 Å². The second-order valence-corrected chi connectivity index (χ2v) is 4.32. The third kappa shape index (κ3) is 4.43. The van der Waals surface area contributed by atoms with E-state index in [-0.39, 0.29) is 12.5 Å². The number of amides is 1. The molecule has 0 aliphatic rings. The van der Waals surface area contributed by atoms with Gasteiger partial charge < -0.3 is 20.7 Å². The van der Waals surface area contributed by atoms with Gasteiger partial charge in [-0.2, -0.15) is 0 Å². The molecule has 5 nitrogen and oxygen atoms in total. The average molecular weight is 272 g/mol. The summed E-state index contributed by atoms with van der Waals surface area (Å²) < 4.78 is 4.85. The van der Waals surface area contributed by atoms with Crippen molar-refractivity contribution in [3.63, 3.8) is 0 Å². The fourth-order valence-electron chi connectivity index (χ4n) is 1.48. The fourth-order valence-corrected chi connectivity index (χ4v) is 1.81. The number of nitrogens with two attached hydrogens (primary N) is 1. The Morgan fingerprint density at radius 2 is 2.28 bits per heavy atom. The van der Waals surface area contributed by atoms with Crippen LogP contribution in [-0.2, 0) is 9.53 Å². The lowest BCUT2D eigenvalue weighted by molar-refractivity contribution is -0.119. The van der Waals surface area contributed by atoms with Crippen LogP contribution in [0.4, 0.5) is 11.4 Å². The normalized spacial score (nSPS) is 10.2. The van der Waals surface area contributed by atoms with Gasteiger partial charge in [-0.15, -0.1) is 0 Å². The molecule has 6 heteroatoms. The minimum atomic E-state index is -0.0811. The summed E-state index contributed by atoms with van der Waals surface area (Å²) in [6, 6.07) is 5.21. The second kappa shape index (κ2) is 7.08. The number of rotatable bonds is 6. The zero-order valence-electron chi connectivity index (χ0n) is 10.6. The minimum absolute atomic E-state index is 0.0811. The molecule has 1 amide bonds. The number of anilines is 2. The van der Waals surface area contributed by atoms with Crippen molar-refractivity contribution in [2.24, 2.45) is 0 Å². The molecule has 0 unspecified atom stereocenters. The summed E-state index contributed by atoms with van der Waals surface area (Å²) in [4.78, 5) is 13.4. The van der Waals surface area contributed by atoms with Crippen molar-refractivity contribution in [3.05, 3.63) is 23.2 Å². The molecule has 0 heterocycles. The number of nitrogens with one attached hydrogen (secondary N) is 1. The molecule has 0 radical (unpaired) electrons. The zero-order valence-corrected chi connectivity index (χ0v) is 11.3. The van der Waals surface area contributed by atoms with Crippen molar-refractivity contribution in [3.8, 4) is 0 Å². The van der Waals surface area contributed by atoms with E-state index < -0.39 is 0 Å². The van der Waals surface area contributed by atoms with Crippen molar-refractivity contribution < 1.29 is 9.53 Å². The van der Waals surface area contributed by atoms with Gasteiger partial charge in [0.1, 0.15) is 0 Å². The van der Waals surface area contributed by atoms with Crippen molar-refractivity contribution in [1.29, 1.82) is 0 Å². The lowest BCUT2D eigenvalue weighted by atomic mass is 10.2. The first-order chi connectivity index (χ1) is 8.54. The number of nitrogen functional groups attached to an aromatic ring is 1. The first kappa shape index (κ1) is 14.6. The Balaban J connectivity index is 2.54. The predicted molar refractivity (Wildman–Crippen MR) is 74.0 cm³/mol. The van der Waals surface area contributed by atoms with Gasteiger partial charge in [0.2, 0.25) is 5.91 Å². The maximum atomic E-state index is 11.6. The summed E-state index contributed by atoms with van der Waals surface area (Å²) in [6.45, 7) is 1.23. The molecule has 1 rings (SSSR count). The summed E-state index contributed by atoms with van der Waals surface area (Å²) in [7, 11) is 3.39. The summed E-state index contributed by atoms with van der Waals surface area (Å²) in [5.74, 6) is -0.0811. The number of carbonyl (C=O) groups excluding carboxylic acids is 1. The molecule has 0 atom stereocenters. The Labute approximate surface area is 112 Å². The van der Waals surface area contributed by atoms with Gasteiger partial charge in [-0.1, -0.05) is 11.6 Å². The smallest absolute Gasteiger partial charge is 0.239 e. The van der Waals surface area contributed by atoms with Gasteiger partial charge in [0.25, 0.3) is 0 Å². The topological polar surface area (TPSA) is 67.6 Å². The van der Waals surface area contributed by atoms with E-state index in [1.165, 1.54) is 0 Å². The van der Waals surface area contributed by atoms with Gasteiger partial charge in [0.05, 0.1) is 23.9 Å². The second-order valence-electron chi connectivity index (χ2n) is 3.91. The van der Waals surface area contributed by atoms with Gasteiger partial charge in [-0.3, -0.25) is 4.79 Å². The number of methoxy groups -OCH3 is 1. The maximum Gasteiger partial charge on any atom is 0.239 e. The van der Waals surface area contributed by atoms with Crippen LogP contribution in [0.5, 0.6) is 0 Å². The van der Waals surface area contributed by atoms with E-state index >= 15 is 0 Å². The van der Waals surface area contributed by atoms with E-state index in [0.29, 0.717) is 23.9 Å². The number of nitrogens with zero attached hydrogens (tertiary/aromatic N) is 1. The van der Waals surface area contributed by atoms with E-state index in [4.69, 9.17) is 22.1 Å². The first-order valence-electron chi connectivity index (χ1n) is 5.56. The van der Waals surface area contributed by atoms with Gasteiger partial charge in [0, 0.05) is 26.4 Å². The molecule has 0 bridgehead atoms. The molecule has 0 saturated heterocycles. The molecule has 3 N–H and O–H groups in total. The van der Waals surface area contributed by atoms with Crippen LogP contribution in [-0.4, -0.2) is 39.8 Å². The van der Waals surface area contributed by atoms with Gasteiger partial charge >= 0.3 is 0 Å². The number of likely N-dealkylation sites (N-methyl/N-ethyl adjacent to an activating group) is 1. The van der Waals surface area contributed by atoms with Crippen LogP contribution in [0.25, 0.3) is 0 Å². The summed E-state index contributed by atoms with van der Waals surface area (Å²) >= 11 is 6.06. The largest absolute Gasteiger partial charge is 0.399 e. The lowest BCUT2D eigenvalue weighted by Gasteiger charge is -2.20.